The molecule has 2 rings (SSSR count). The van der Waals surface area contributed by atoms with Gasteiger partial charge in [-0.15, -0.1) is 0 Å². The molecule has 2 aromatic carbocycles. The van der Waals surface area contributed by atoms with E-state index in [0.717, 1.165) is 5.56 Å². The topological polar surface area (TPSA) is 47.6 Å². The molecule has 0 aliphatic rings. The predicted molar refractivity (Wildman–Crippen MR) is 93.0 cm³/mol. The molecule has 1 N–H and O–H groups in total. The van der Waals surface area contributed by atoms with Crippen molar-refractivity contribution in [2.24, 2.45) is 0 Å². The smallest absolute Gasteiger partial charge is 0.262 e. The molecule has 0 bridgehead atoms. The Morgan fingerprint density at radius 3 is 2.67 bits per heavy atom. The third-order valence-electron chi connectivity index (χ3n) is 3.36. The molecule has 0 aliphatic heterocycles. The van der Waals surface area contributed by atoms with E-state index in [1.54, 1.807) is 25.1 Å². The SMILES string of the molecule is C/C=C/c1ccc(OCC(=O)Nc2ccc(C)c(F)c2)c(OC)c1. The van der Waals surface area contributed by atoms with Gasteiger partial charge in [-0.3, -0.25) is 4.79 Å². The summed E-state index contributed by atoms with van der Waals surface area (Å²) in [6.45, 7) is 3.39. The van der Waals surface area contributed by atoms with Crippen molar-refractivity contribution in [1.82, 2.24) is 0 Å². The molecule has 4 nitrogen and oxygen atoms in total. The molecular formula is C19H20FNO3. The van der Waals surface area contributed by atoms with Crippen LogP contribution in [-0.2, 0) is 4.79 Å². The minimum atomic E-state index is -0.377. The molecular weight excluding hydrogens is 309 g/mol. The van der Waals surface area contributed by atoms with Crippen molar-refractivity contribution >= 4 is 17.7 Å². The van der Waals surface area contributed by atoms with E-state index in [2.05, 4.69) is 5.32 Å². The predicted octanol–water partition coefficient (Wildman–Crippen LogP) is 4.19. The number of amides is 1. The summed E-state index contributed by atoms with van der Waals surface area (Å²) >= 11 is 0. The van der Waals surface area contributed by atoms with Gasteiger partial charge in [-0.25, -0.2) is 4.39 Å². The summed E-state index contributed by atoms with van der Waals surface area (Å²) in [5.74, 6) is 0.267. The zero-order valence-corrected chi connectivity index (χ0v) is 13.9. The third kappa shape index (κ3) is 4.59. The van der Waals surface area contributed by atoms with Crippen molar-refractivity contribution in [2.45, 2.75) is 13.8 Å². The van der Waals surface area contributed by atoms with E-state index < -0.39 is 0 Å². The van der Waals surface area contributed by atoms with Gasteiger partial charge < -0.3 is 14.8 Å². The Bertz CT molecular complexity index is 756. The number of methoxy groups -OCH3 is 1. The largest absolute Gasteiger partial charge is 0.493 e. The summed E-state index contributed by atoms with van der Waals surface area (Å²) < 4.78 is 24.2. The quantitative estimate of drug-likeness (QED) is 0.864. The Morgan fingerprint density at radius 2 is 2.00 bits per heavy atom. The number of carbonyl (C=O) groups is 1. The average molecular weight is 329 g/mol. The molecule has 0 aliphatic carbocycles. The van der Waals surface area contributed by atoms with Crippen LogP contribution in [0.4, 0.5) is 10.1 Å². The number of allylic oxidation sites excluding steroid dienone is 1. The number of rotatable bonds is 6. The van der Waals surface area contributed by atoms with Gasteiger partial charge in [0.15, 0.2) is 18.1 Å². The van der Waals surface area contributed by atoms with Crippen LogP contribution in [0.5, 0.6) is 11.5 Å². The lowest BCUT2D eigenvalue weighted by atomic mass is 10.2. The van der Waals surface area contributed by atoms with Crippen LogP contribution in [0.1, 0.15) is 18.1 Å². The van der Waals surface area contributed by atoms with Crippen molar-refractivity contribution in [1.29, 1.82) is 0 Å². The van der Waals surface area contributed by atoms with Crippen LogP contribution >= 0.6 is 0 Å². The standard InChI is InChI=1S/C19H20FNO3/c1-4-5-14-7-9-17(18(10-14)23-3)24-12-19(22)21-15-8-6-13(2)16(20)11-15/h4-11H,12H2,1-3H3,(H,21,22)/b5-4+. The van der Waals surface area contributed by atoms with E-state index >= 15 is 0 Å². The van der Waals surface area contributed by atoms with Crippen molar-refractivity contribution in [3.8, 4) is 11.5 Å². The van der Waals surface area contributed by atoms with Gasteiger partial charge in [-0.1, -0.05) is 24.3 Å². The summed E-state index contributed by atoms with van der Waals surface area (Å²) in [5, 5.41) is 2.59. The number of benzene rings is 2. The molecule has 0 aromatic heterocycles. The van der Waals surface area contributed by atoms with E-state index in [1.165, 1.54) is 13.2 Å². The molecule has 0 saturated heterocycles. The summed E-state index contributed by atoms with van der Waals surface area (Å²) in [4.78, 5) is 11.9. The first-order chi connectivity index (χ1) is 11.5. The number of anilines is 1. The van der Waals surface area contributed by atoms with Gasteiger partial charge in [-0.05, 0) is 49.2 Å². The Balaban J connectivity index is 1.99. The van der Waals surface area contributed by atoms with Gasteiger partial charge in [0, 0.05) is 5.69 Å². The second-order valence-electron chi connectivity index (χ2n) is 5.21. The van der Waals surface area contributed by atoms with E-state index in [9.17, 15) is 9.18 Å². The Labute approximate surface area is 140 Å². The number of halogens is 1. The first kappa shape index (κ1) is 17.5. The van der Waals surface area contributed by atoms with Crippen LogP contribution in [0, 0.1) is 12.7 Å². The molecule has 0 heterocycles. The Morgan fingerprint density at radius 1 is 1.21 bits per heavy atom. The minimum Gasteiger partial charge on any atom is -0.493 e. The highest BCUT2D eigenvalue weighted by atomic mass is 19.1. The van der Waals surface area contributed by atoms with Crippen LogP contribution in [0.15, 0.2) is 42.5 Å². The second-order valence-corrected chi connectivity index (χ2v) is 5.21. The monoisotopic (exact) mass is 329 g/mol. The van der Waals surface area contributed by atoms with E-state index in [-0.39, 0.29) is 18.3 Å². The van der Waals surface area contributed by atoms with E-state index in [0.29, 0.717) is 22.7 Å². The van der Waals surface area contributed by atoms with Gasteiger partial charge in [0.1, 0.15) is 5.82 Å². The van der Waals surface area contributed by atoms with Crippen molar-refractivity contribution in [2.75, 3.05) is 19.0 Å². The van der Waals surface area contributed by atoms with Crippen LogP contribution in [-0.4, -0.2) is 19.6 Å². The molecule has 1 amide bonds. The zero-order chi connectivity index (χ0) is 17.5. The molecule has 0 unspecified atom stereocenters. The number of hydrogen-bond acceptors (Lipinski definition) is 3. The van der Waals surface area contributed by atoms with Gasteiger partial charge in [-0.2, -0.15) is 0 Å². The average Bonchev–Trinajstić information content (AvgIpc) is 2.57. The molecule has 0 radical (unpaired) electrons. The maximum absolute atomic E-state index is 13.5. The summed E-state index contributed by atoms with van der Waals surface area (Å²) in [5.41, 5.74) is 1.89. The van der Waals surface area contributed by atoms with Crippen LogP contribution < -0.4 is 14.8 Å². The highest BCUT2D eigenvalue weighted by Crippen LogP contribution is 2.28. The van der Waals surface area contributed by atoms with Crippen LogP contribution in [0.2, 0.25) is 0 Å². The molecule has 0 fully saturated rings. The van der Waals surface area contributed by atoms with Gasteiger partial charge in [0.05, 0.1) is 7.11 Å². The lowest BCUT2D eigenvalue weighted by Crippen LogP contribution is -2.20. The van der Waals surface area contributed by atoms with E-state index in [1.807, 2.05) is 31.2 Å². The van der Waals surface area contributed by atoms with Gasteiger partial charge in [0.2, 0.25) is 0 Å². The second kappa shape index (κ2) is 8.15. The lowest BCUT2D eigenvalue weighted by molar-refractivity contribution is -0.118. The number of hydrogen-bond donors (Lipinski definition) is 1. The molecule has 5 heteroatoms. The molecule has 126 valence electrons. The van der Waals surface area contributed by atoms with Gasteiger partial charge in [0.25, 0.3) is 5.91 Å². The lowest BCUT2D eigenvalue weighted by Gasteiger charge is -2.12. The zero-order valence-electron chi connectivity index (χ0n) is 13.9. The third-order valence-corrected chi connectivity index (χ3v) is 3.36. The fourth-order valence-corrected chi connectivity index (χ4v) is 2.11. The maximum atomic E-state index is 13.5. The molecule has 0 atom stereocenters. The highest BCUT2D eigenvalue weighted by molar-refractivity contribution is 5.91. The van der Waals surface area contributed by atoms with Gasteiger partial charge >= 0.3 is 0 Å². The fraction of sp³-hybridized carbons (Fsp3) is 0.211. The molecule has 24 heavy (non-hydrogen) atoms. The summed E-state index contributed by atoms with van der Waals surface area (Å²) in [7, 11) is 1.54. The Kier molecular flexibility index (Phi) is 5.95. The normalized spacial score (nSPS) is 10.7. The number of carbonyl (C=O) groups excluding carboxylic acids is 1. The summed E-state index contributed by atoms with van der Waals surface area (Å²) in [6.07, 6.45) is 3.86. The van der Waals surface area contributed by atoms with Crippen molar-refractivity contribution in [3.63, 3.8) is 0 Å². The van der Waals surface area contributed by atoms with Crippen LogP contribution in [0.3, 0.4) is 0 Å². The number of ether oxygens (including phenoxy) is 2. The highest BCUT2D eigenvalue weighted by Gasteiger charge is 2.09. The first-order valence-electron chi connectivity index (χ1n) is 7.53. The number of nitrogens with one attached hydrogen (secondary N) is 1. The Hall–Kier alpha value is -2.82. The van der Waals surface area contributed by atoms with Crippen LogP contribution in [0.25, 0.3) is 6.08 Å². The first-order valence-corrected chi connectivity index (χ1v) is 7.53. The molecule has 0 spiro atoms. The minimum absolute atomic E-state index is 0.200. The fourth-order valence-electron chi connectivity index (χ4n) is 2.11. The molecule has 2 aromatic rings. The number of aryl methyl sites for hydroxylation is 1. The maximum Gasteiger partial charge on any atom is 0.262 e. The van der Waals surface area contributed by atoms with Crippen molar-refractivity contribution in [3.05, 3.63) is 59.4 Å². The van der Waals surface area contributed by atoms with E-state index in [4.69, 9.17) is 9.47 Å². The molecule has 0 saturated carbocycles. The van der Waals surface area contributed by atoms with Crippen molar-refractivity contribution < 1.29 is 18.7 Å². The summed E-state index contributed by atoms with van der Waals surface area (Å²) in [6, 6.07) is 9.96.